The largest absolute Gasteiger partial charge is 0.462 e. The molecule has 6 nitrogen and oxygen atoms in total. The summed E-state index contributed by atoms with van der Waals surface area (Å²) in [4.78, 5) is 38.0. The minimum absolute atomic E-state index is 0.0651. The molecule has 0 aliphatic carbocycles. The van der Waals surface area contributed by atoms with Crippen LogP contribution in [0.3, 0.4) is 0 Å². The van der Waals surface area contributed by atoms with Crippen molar-refractivity contribution in [3.05, 3.63) is 0 Å². The smallest absolute Gasteiger partial charge is 0.306 e. The molecule has 0 aromatic rings. The first kappa shape index (κ1) is 60.4. The van der Waals surface area contributed by atoms with E-state index in [1.165, 1.54) is 186 Å². The Morgan fingerprint density at radius 2 is 0.565 bits per heavy atom. The summed E-state index contributed by atoms with van der Waals surface area (Å²) in [6.07, 6.45) is 48.1. The molecule has 0 N–H and O–H groups in total. The van der Waals surface area contributed by atoms with Gasteiger partial charge in [-0.15, -0.1) is 0 Å². The number of carbonyl (C=O) groups is 3. The van der Waals surface area contributed by atoms with Crippen molar-refractivity contribution < 1.29 is 28.6 Å². The van der Waals surface area contributed by atoms with Crippen molar-refractivity contribution >= 4 is 17.9 Å². The number of hydrogen-bond donors (Lipinski definition) is 0. The number of rotatable bonds is 49. The molecule has 0 spiro atoms. The highest BCUT2D eigenvalue weighted by Gasteiger charge is 2.19. The van der Waals surface area contributed by atoms with Gasteiger partial charge in [0, 0.05) is 19.3 Å². The molecule has 0 radical (unpaired) electrons. The minimum atomic E-state index is -0.763. The average Bonchev–Trinajstić information content (AvgIpc) is 3.26. The van der Waals surface area contributed by atoms with Crippen molar-refractivity contribution in [1.29, 1.82) is 0 Å². The maximum atomic E-state index is 12.8. The lowest BCUT2D eigenvalue weighted by Gasteiger charge is -2.18. The van der Waals surface area contributed by atoms with Crippen molar-refractivity contribution in [3.63, 3.8) is 0 Å². The van der Waals surface area contributed by atoms with E-state index < -0.39 is 6.10 Å². The molecule has 0 aliphatic rings. The first-order chi connectivity index (χ1) is 30.2. The summed E-state index contributed by atoms with van der Waals surface area (Å²) in [5, 5.41) is 0. The quantitative estimate of drug-likeness (QED) is 0.0344. The Morgan fingerprint density at radius 1 is 0.323 bits per heavy atom. The number of esters is 3. The second-order valence-electron chi connectivity index (χ2n) is 20.2. The normalized spacial score (nSPS) is 13.0. The molecule has 62 heavy (non-hydrogen) atoms. The Balaban J connectivity index is 4.19. The van der Waals surface area contributed by atoms with E-state index in [1.54, 1.807) is 0 Å². The van der Waals surface area contributed by atoms with Crippen LogP contribution in [0.5, 0.6) is 0 Å². The SMILES string of the molecule is CCC(C)CCCCCCCCCCCCCCCCCCCCC(=O)OC[C@@H](COC(=O)CCCCCCCCC(C)CC)OC(=O)CCCCCCCCCCCC(C)C. The summed E-state index contributed by atoms with van der Waals surface area (Å²) >= 11 is 0. The second-order valence-corrected chi connectivity index (χ2v) is 20.2. The van der Waals surface area contributed by atoms with Crippen LogP contribution in [0.4, 0.5) is 0 Å². The molecule has 0 heterocycles. The zero-order chi connectivity index (χ0) is 45.6. The summed E-state index contributed by atoms with van der Waals surface area (Å²) in [7, 11) is 0. The molecule has 0 fully saturated rings. The van der Waals surface area contributed by atoms with E-state index in [-0.39, 0.29) is 31.1 Å². The molecule has 0 rings (SSSR count). The highest BCUT2D eigenvalue weighted by atomic mass is 16.6. The molecule has 3 atom stereocenters. The van der Waals surface area contributed by atoms with Gasteiger partial charge in [0.2, 0.25) is 0 Å². The molecular weight excluding hydrogens is 769 g/mol. The number of carbonyl (C=O) groups excluding carboxylic acids is 3. The van der Waals surface area contributed by atoms with Gasteiger partial charge in [0.05, 0.1) is 0 Å². The van der Waals surface area contributed by atoms with E-state index in [0.29, 0.717) is 19.3 Å². The summed E-state index contributed by atoms with van der Waals surface area (Å²) in [5.41, 5.74) is 0. The zero-order valence-corrected chi connectivity index (χ0v) is 42.7. The van der Waals surface area contributed by atoms with Crippen molar-refractivity contribution in [2.75, 3.05) is 13.2 Å². The van der Waals surface area contributed by atoms with E-state index in [9.17, 15) is 14.4 Å². The van der Waals surface area contributed by atoms with Gasteiger partial charge in [-0.05, 0) is 37.0 Å². The van der Waals surface area contributed by atoms with Crippen LogP contribution < -0.4 is 0 Å². The second kappa shape index (κ2) is 47.4. The Hall–Kier alpha value is -1.59. The van der Waals surface area contributed by atoms with E-state index >= 15 is 0 Å². The van der Waals surface area contributed by atoms with Crippen LogP contribution in [0, 0.1) is 17.8 Å². The van der Waals surface area contributed by atoms with Crippen LogP contribution in [0.15, 0.2) is 0 Å². The third-order valence-corrected chi connectivity index (χ3v) is 13.4. The molecule has 2 unspecified atom stereocenters. The predicted molar refractivity (Wildman–Crippen MR) is 266 cm³/mol. The number of hydrogen-bond acceptors (Lipinski definition) is 6. The Morgan fingerprint density at radius 3 is 0.839 bits per heavy atom. The summed E-state index contributed by atoms with van der Waals surface area (Å²) in [5.74, 6) is 1.68. The molecule has 0 saturated heterocycles. The van der Waals surface area contributed by atoms with Crippen LogP contribution >= 0.6 is 0 Å². The summed E-state index contributed by atoms with van der Waals surface area (Å²) in [6, 6.07) is 0. The topological polar surface area (TPSA) is 78.9 Å². The van der Waals surface area contributed by atoms with Crippen molar-refractivity contribution in [2.24, 2.45) is 17.8 Å². The molecule has 0 aliphatic heterocycles. The monoisotopic (exact) mass is 877 g/mol. The fraction of sp³-hybridized carbons (Fsp3) is 0.946. The fourth-order valence-electron chi connectivity index (χ4n) is 8.40. The van der Waals surface area contributed by atoms with Gasteiger partial charge in [0.15, 0.2) is 6.10 Å². The third kappa shape index (κ3) is 46.4. The van der Waals surface area contributed by atoms with Crippen LogP contribution in [0.1, 0.15) is 305 Å². The molecule has 0 saturated carbocycles. The zero-order valence-electron chi connectivity index (χ0n) is 42.7. The Kier molecular flexibility index (Phi) is 46.2. The molecule has 0 aromatic heterocycles. The lowest BCUT2D eigenvalue weighted by atomic mass is 9.99. The van der Waals surface area contributed by atoms with Gasteiger partial charge in [0.1, 0.15) is 13.2 Å². The minimum Gasteiger partial charge on any atom is -0.462 e. The van der Waals surface area contributed by atoms with Gasteiger partial charge in [-0.2, -0.15) is 0 Å². The highest BCUT2D eigenvalue weighted by Crippen LogP contribution is 2.19. The van der Waals surface area contributed by atoms with Gasteiger partial charge in [-0.3, -0.25) is 14.4 Å². The van der Waals surface area contributed by atoms with Gasteiger partial charge >= 0.3 is 17.9 Å². The van der Waals surface area contributed by atoms with Crippen LogP contribution in [0.25, 0.3) is 0 Å². The lowest BCUT2D eigenvalue weighted by molar-refractivity contribution is -0.167. The van der Waals surface area contributed by atoms with Crippen molar-refractivity contribution in [3.8, 4) is 0 Å². The standard InChI is InChI=1S/C56H108O6/c1-7-51(5)43-37-31-25-21-17-15-13-11-9-10-12-14-16-18-22-26-33-39-45-54(57)60-48-53(49-61-55(58)46-40-34-29-28-32-38-44-52(6)8-2)62-56(59)47-41-35-27-23-19-20-24-30-36-42-50(3)4/h50-53H,7-49H2,1-6H3/t51?,52?,53-/m0/s1. The Labute approximate surface area is 387 Å². The molecular formula is C56H108O6. The van der Waals surface area contributed by atoms with Gasteiger partial charge in [-0.25, -0.2) is 0 Å². The van der Waals surface area contributed by atoms with Crippen LogP contribution in [-0.2, 0) is 28.6 Å². The van der Waals surface area contributed by atoms with E-state index in [4.69, 9.17) is 14.2 Å². The maximum Gasteiger partial charge on any atom is 0.306 e. The van der Waals surface area contributed by atoms with Crippen LogP contribution in [0.2, 0.25) is 0 Å². The first-order valence-electron chi connectivity index (χ1n) is 27.7. The molecule has 6 heteroatoms. The number of ether oxygens (including phenoxy) is 3. The van der Waals surface area contributed by atoms with Gasteiger partial charge < -0.3 is 14.2 Å². The Bertz CT molecular complexity index is 964. The molecule has 0 aromatic carbocycles. The van der Waals surface area contributed by atoms with Crippen molar-refractivity contribution in [1.82, 2.24) is 0 Å². The fourth-order valence-corrected chi connectivity index (χ4v) is 8.40. The highest BCUT2D eigenvalue weighted by molar-refractivity contribution is 5.71. The molecule has 368 valence electrons. The van der Waals surface area contributed by atoms with Gasteiger partial charge in [0.25, 0.3) is 0 Å². The van der Waals surface area contributed by atoms with Crippen molar-refractivity contribution in [2.45, 2.75) is 311 Å². The van der Waals surface area contributed by atoms with Crippen LogP contribution in [-0.4, -0.2) is 37.2 Å². The predicted octanol–water partition coefficient (Wildman–Crippen LogP) is 17.9. The lowest BCUT2D eigenvalue weighted by Crippen LogP contribution is -2.30. The number of unbranched alkanes of at least 4 members (excludes halogenated alkanes) is 30. The molecule has 0 amide bonds. The average molecular weight is 877 g/mol. The summed E-state index contributed by atoms with van der Waals surface area (Å²) < 4.78 is 16.8. The molecule has 0 bridgehead atoms. The maximum absolute atomic E-state index is 12.8. The van der Waals surface area contributed by atoms with E-state index in [0.717, 1.165) is 75.5 Å². The van der Waals surface area contributed by atoms with E-state index in [2.05, 4.69) is 41.5 Å². The third-order valence-electron chi connectivity index (χ3n) is 13.4. The van der Waals surface area contributed by atoms with Gasteiger partial charge in [-0.1, -0.05) is 266 Å². The first-order valence-corrected chi connectivity index (χ1v) is 27.7. The summed E-state index contributed by atoms with van der Waals surface area (Å²) in [6.45, 7) is 13.7. The van der Waals surface area contributed by atoms with E-state index in [1.807, 2.05) is 0 Å².